The van der Waals surface area contributed by atoms with Gasteiger partial charge in [0, 0.05) is 17.7 Å². The SMILES string of the molecule is C=C(C)C(=O)OCC(F)(F)S(=O)(=O)[O-].CCC1(OC(=O)COC(=O)c2ccc(OC)c([S+]3c4ccccc4C(=O)C4=[C+]C=CCC43)c2)CCCC1. The number of halogens is 2. The van der Waals surface area contributed by atoms with Gasteiger partial charge in [0.2, 0.25) is 15.7 Å². The predicted molar refractivity (Wildman–Crippen MR) is 180 cm³/mol. The zero-order chi connectivity index (χ0) is 37.6. The topological polar surface area (TPSA) is 162 Å². The summed E-state index contributed by atoms with van der Waals surface area (Å²) in [4.78, 5) is 51.0. The van der Waals surface area contributed by atoms with Gasteiger partial charge < -0.3 is 23.5 Å². The Hall–Kier alpha value is -4.43. The number of alkyl halides is 2. The molecular formula is C36H37F2O11S2+. The van der Waals surface area contributed by atoms with E-state index in [2.05, 4.69) is 17.4 Å². The maximum atomic E-state index is 13.2. The van der Waals surface area contributed by atoms with E-state index in [1.807, 2.05) is 37.3 Å². The normalized spacial score (nSPS) is 18.8. The summed E-state index contributed by atoms with van der Waals surface area (Å²) in [5.74, 6) is -1.69. The molecule has 51 heavy (non-hydrogen) atoms. The van der Waals surface area contributed by atoms with Crippen LogP contribution in [0.15, 0.2) is 82.1 Å². The summed E-state index contributed by atoms with van der Waals surface area (Å²) in [5, 5.41) is -4.71. The summed E-state index contributed by atoms with van der Waals surface area (Å²) in [5.41, 5.74) is 1.01. The fourth-order valence-electron chi connectivity index (χ4n) is 5.74. The van der Waals surface area contributed by atoms with Crippen LogP contribution in [0.2, 0.25) is 0 Å². The minimum Gasteiger partial charge on any atom is -0.743 e. The zero-order valence-electron chi connectivity index (χ0n) is 28.2. The number of ketones is 1. The highest BCUT2D eigenvalue weighted by Crippen LogP contribution is 2.45. The molecule has 5 rings (SSSR count). The summed E-state index contributed by atoms with van der Waals surface area (Å²) in [6, 6.07) is 12.7. The van der Waals surface area contributed by atoms with Crippen LogP contribution in [0.5, 0.6) is 5.75 Å². The van der Waals surface area contributed by atoms with Crippen LogP contribution in [0.3, 0.4) is 0 Å². The molecule has 1 fully saturated rings. The molecule has 0 saturated heterocycles. The van der Waals surface area contributed by atoms with Crippen LogP contribution in [0, 0.1) is 6.08 Å². The fraction of sp³-hybridized carbons (Fsp3) is 0.389. The Morgan fingerprint density at radius 2 is 1.78 bits per heavy atom. The fourth-order valence-corrected chi connectivity index (χ4v) is 8.75. The maximum absolute atomic E-state index is 13.2. The molecule has 0 bridgehead atoms. The van der Waals surface area contributed by atoms with E-state index in [1.54, 1.807) is 31.4 Å². The Bertz CT molecular complexity index is 1860. The number of rotatable bonds is 11. The van der Waals surface area contributed by atoms with Crippen molar-refractivity contribution in [2.45, 2.75) is 78.3 Å². The lowest BCUT2D eigenvalue weighted by molar-refractivity contribution is -0.163. The van der Waals surface area contributed by atoms with Crippen molar-refractivity contribution in [3.8, 4) is 5.75 Å². The summed E-state index contributed by atoms with van der Waals surface area (Å²) in [6.45, 7) is 4.04. The Balaban J connectivity index is 0.000000354. The Labute approximate surface area is 297 Å². The highest BCUT2D eigenvalue weighted by molar-refractivity contribution is 7.98. The van der Waals surface area contributed by atoms with Gasteiger partial charge in [0.25, 0.3) is 0 Å². The van der Waals surface area contributed by atoms with Crippen molar-refractivity contribution in [2.24, 2.45) is 0 Å². The lowest BCUT2D eigenvalue weighted by Crippen LogP contribution is -2.35. The minimum absolute atomic E-state index is 0.00569. The van der Waals surface area contributed by atoms with Gasteiger partial charge in [-0.05, 0) is 63.3 Å². The second kappa shape index (κ2) is 16.3. The van der Waals surface area contributed by atoms with Crippen LogP contribution in [0.25, 0.3) is 0 Å². The molecular weight excluding hydrogens is 711 g/mol. The minimum atomic E-state index is -5.81. The van der Waals surface area contributed by atoms with E-state index in [9.17, 15) is 40.9 Å². The number of carbonyl (C=O) groups excluding carboxylic acids is 4. The first-order chi connectivity index (χ1) is 24.0. The van der Waals surface area contributed by atoms with Gasteiger partial charge >= 0.3 is 28.9 Å². The number of esters is 3. The first-order valence-corrected chi connectivity index (χ1v) is 18.6. The molecule has 1 saturated carbocycles. The second-order valence-corrected chi connectivity index (χ2v) is 15.6. The predicted octanol–water partition coefficient (Wildman–Crippen LogP) is 5.65. The van der Waals surface area contributed by atoms with Crippen LogP contribution in [-0.2, 0) is 44.8 Å². The summed E-state index contributed by atoms with van der Waals surface area (Å²) in [7, 11) is -4.80. The summed E-state index contributed by atoms with van der Waals surface area (Å²) >= 11 is 0. The first kappa shape index (κ1) is 39.4. The van der Waals surface area contributed by atoms with Gasteiger partial charge in [0.15, 0.2) is 34.0 Å². The van der Waals surface area contributed by atoms with Crippen molar-refractivity contribution >= 4 is 44.7 Å². The van der Waals surface area contributed by atoms with Crippen molar-refractivity contribution in [1.82, 2.24) is 0 Å². The van der Waals surface area contributed by atoms with E-state index >= 15 is 0 Å². The zero-order valence-corrected chi connectivity index (χ0v) is 29.8. The smallest absolute Gasteiger partial charge is 0.367 e. The van der Waals surface area contributed by atoms with E-state index in [4.69, 9.17) is 14.2 Å². The molecule has 0 amide bonds. The molecule has 1 aliphatic heterocycles. The third-order valence-corrected chi connectivity index (χ3v) is 11.9. The van der Waals surface area contributed by atoms with Crippen molar-refractivity contribution in [2.75, 3.05) is 20.3 Å². The number of benzene rings is 2. The lowest BCUT2D eigenvalue weighted by atomic mass is 9.95. The monoisotopic (exact) mass is 747 g/mol. The van der Waals surface area contributed by atoms with E-state index in [1.165, 1.54) is 6.92 Å². The average Bonchev–Trinajstić information content (AvgIpc) is 3.58. The maximum Gasteiger partial charge on any atom is 0.367 e. The van der Waals surface area contributed by atoms with Crippen LogP contribution in [0.4, 0.5) is 8.78 Å². The van der Waals surface area contributed by atoms with Gasteiger partial charge in [-0.1, -0.05) is 25.6 Å². The summed E-state index contributed by atoms with van der Waals surface area (Å²) < 4.78 is 75.0. The molecule has 2 aromatic carbocycles. The standard InChI is InChI=1S/C30H30O6S.C6H8F2O5S/c1-3-30(16-8-9-17-30)36-27(31)19-35-29(33)20-14-15-23(34-2)26(18-20)37-24-12-6-4-10-21(24)28(32)22-11-5-7-13-25(22)37;1-4(2)5(9)13-3-6(7,8)14(10,11)12/h4-7,10,12,14-15,18,25H,3,8-9,13,16-17,19H2,1-2H3;1,3H2,2H3,(H,10,11,12)/q+2;/p-1. The molecule has 0 radical (unpaired) electrons. The van der Waals surface area contributed by atoms with E-state index < -0.39 is 63.0 Å². The number of fused-ring (bicyclic) bond motifs is 2. The van der Waals surface area contributed by atoms with Gasteiger partial charge in [-0.3, -0.25) is 0 Å². The first-order valence-electron chi connectivity index (χ1n) is 15.9. The molecule has 2 aliphatic carbocycles. The Morgan fingerprint density at radius 3 is 2.41 bits per heavy atom. The van der Waals surface area contributed by atoms with Gasteiger partial charge in [-0.2, -0.15) is 8.78 Å². The molecule has 1 heterocycles. The van der Waals surface area contributed by atoms with Gasteiger partial charge in [0.05, 0.1) is 42.1 Å². The molecule has 2 atom stereocenters. The molecule has 0 aromatic heterocycles. The molecule has 3 aliphatic rings. The Morgan fingerprint density at radius 1 is 1.10 bits per heavy atom. The lowest BCUT2D eigenvalue weighted by Gasteiger charge is -2.27. The quantitative estimate of drug-likeness (QED) is 0.0697. The second-order valence-electron chi connectivity index (χ2n) is 12.0. The number of allylic oxidation sites excluding steroid dienone is 3. The van der Waals surface area contributed by atoms with E-state index in [0.29, 0.717) is 28.9 Å². The number of methoxy groups -OCH3 is 1. The van der Waals surface area contributed by atoms with Gasteiger partial charge in [-0.25, -0.2) is 27.6 Å². The van der Waals surface area contributed by atoms with Crippen molar-refractivity contribution < 1.29 is 59.9 Å². The molecule has 15 heteroatoms. The number of Topliss-reactive ketones (excluding diaryl/α,β-unsaturated/α-hetero) is 1. The molecule has 272 valence electrons. The van der Waals surface area contributed by atoms with Crippen LogP contribution < -0.4 is 4.74 Å². The highest BCUT2D eigenvalue weighted by atomic mass is 32.2. The Kier molecular flexibility index (Phi) is 12.6. The van der Waals surface area contributed by atoms with Crippen LogP contribution in [-0.4, -0.2) is 73.1 Å². The van der Waals surface area contributed by atoms with Crippen molar-refractivity contribution in [1.29, 1.82) is 0 Å². The molecule has 11 nitrogen and oxygen atoms in total. The molecule has 2 aromatic rings. The number of carbonyl (C=O) groups is 4. The van der Waals surface area contributed by atoms with Crippen LogP contribution >= 0.6 is 0 Å². The third kappa shape index (κ3) is 9.09. The van der Waals surface area contributed by atoms with E-state index in [-0.39, 0.29) is 16.6 Å². The number of hydrogen-bond acceptors (Lipinski definition) is 11. The third-order valence-electron chi connectivity index (χ3n) is 8.46. The van der Waals surface area contributed by atoms with Gasteiger partial charge in [-0.15, -0.1) is 0 Å². The average molecular weight is 748 g/mol. The summed E-state index contributed by atoms with van der Waals surface area (Å²) in [6.07, 6.45) is 12.2. The number of hydrogen-bond donors (Lipinski definition) is 0. The van der Waals surface area contributed by atoms with Crippen molar-refractivity contribution in [3.05, 3.63) is 89.5 Å². The molecule has 0 spiro atoms. The van der Waals surface area contributed by atoms with Gasteiger partial charge in [0.1, 0.15) is 11.2 Å². The van der Waals surface area contributed by atoms with Crippen molar-refractivity contribution in [3.63, 3.8) is 0 Å². The largest absolute Gasteiger partial charge is 0.743 e. The van der Waals surface area contributed by atoms with Crippen LogP contribution in [0.1, 0.15) is 73.1 Å². The van der Waals surface area contributed by atoms with E-state index in [0.717, 1.165) is 41.9 Å². The highest BCUT2D eigenvalue weighted by Gasteiger charge is 2.54. The molecule has 0 N–H and O–H groups in total. The number of ether oxygens (including phenoxy) is 4. The molecule has 2 unspecified atom stereocenters.